The van der Waals surface area contributed by atoms with Gasteiger partial charge in [0.1, 0.15) is 0 Å². The third-order valence-electron chi connectivity index (χ3n) is 4.01. The lowest BCUT2D eigenvalue weighted by molar-refractivity contribution is 0.546. The molecule has 0 bridgehead atoms. The van der Waals surface area contributed by atoms with Gasteiger partial charge >= 0.3 is 0 Å². The smallest absolute Gasteiger partial charge is 0.0277 e. The van der Waals surface area contributed by atoms with E-state index in [4.69, 9.17) is 0 Å². The van der Waals surface area contributed by atoms with Gasteiger partial charge in [-0.15, -0.1) is 0 Å². The fourth-order valence-corrected chi connectivity index (χ4v) is 3.03. The first-order chi connectivity index (χ1) is 8.65. The molecule has 0 N–H and O–H groups in total. The molecule has 0 heterocycles. The number of rotatable bonds is 2. The van der Waals surface area contributed by atoms with E-state index in [1.165, 1.54) is 35.1 Å². The summed E-state index contributed by atoms with van der Waals surface area (Å²) >= 11 is 0. The zero-order chi connectivity index (χ0) is 13.1. The van der Waals surface area contributed by atoms with Gasteiger partial charge in [-0.2, -0.15) is 0 Å². The Morgan fingerprint density at radius 2 is 1.83 bits per heavy atom. The maximum Gasteiger partial charge on any atom is 0.0277 e. The topological polar surface area (TPSA) is 12.4 Å². The molecule has 0 radical (unpaired) electrons. The van der Waals surface area contributed by atoms with Crippen LogP contribution < -0.4 is 0 Å². The van der Waals surface area contributed by atoms with E-state index in [0.717, 1.165) is 0 Å². The van der Waals surface area contributed by atoms with Crippen molar-refractivity contribution in [2.45, 2.75) is 45.4 Å². The fraction of sp³-hybridized carbons (Fsp3) is 0.471. The quantitative estimate of drug-likeness (QED) is 0.665. The van der Waals surface area contributed by atoms with Crippen molar-refractivity contribution in [3.05, 3.63) is 46.5 Å². The van der Waals surface area contributed by atoms with Crippen molar-refractivity contribution in [2.24, 2.45) is 4.99 Å². The average Bonchev–Trinajstić information content (AvgIpc) is 2.37. The third-order valence-corrected chi connectivity index (χ3v) is 4.01. The van der Waals surface area contributed by atoms with Crippen LogP contribution in [0.15, 0.2) is 40.4 Å². The Hall–Kier alpha value is -1.37. The summed E-state index contributed by atoms with van der Waals surface area (Å²) in [5.41, 5.74) is 5.82. The first kappa shape index (κ1) is 13.1. The molecule has 2 unspecified atom stereocenters. The van der Waals surface area contributed by atoms with E-state index in [0.29, 0.717) is 11.8 Å². The Morgan fingerprint density at radius 1 is 1.17 bits per heavy atom. The highest BCUT2D eigenvalue weighted by Crippen LogP contribution is 2.42. The molecule has 1 aromatic carbocycles. The van der Waals surface area contributed by atoms with E-state index in [1.54, 1.807) is 0 Å². The van der Waals surface area contributed by atoms with Gasteiger partial charge in [0.15, 0.2) is 0 Å². The van der Waals surface area contributed by atoms with Crippen molar-refractivity contribution >= 4 is 6.21 Å². The number of nitrogens with zero attached hydrogens (tertiary/aromatic N) is 1. The molecule has 1 heteroatoms. The second-order valence-electron chi connectivity index (χ2n) is 5.50. The molecule has 1 nitrogen and oxygen atoms in total. The lowest BCUT2D eigenvalue weighted by atomic mass is 9.74. The molecule has 0 aromatic heterocycles. The number of hydrogen-bond donors (Lipinski definition) is 0. The number of benzene rings is 1. The van der Waals surface area contributed by atoms with Crippen LogP contribution in [-0.2, 0) is 0 Å². The maximum atomic E-state index is 4.24. The molecular formula is C17H23N. The van der Waals surface area contributed by atoms with Crippen molar-refractivity contribution in [3.63, 3.8) is 0 Å². The SMILES string of the molecule is C/N=C\C(=C(C)C)C1CCC(C)c2ccccc21. The monoisotopic (exact) mass is 241 g/mol. The predicted molar refractivity (Wildman–Crippen MR) is 79.6 cm³/mol. The second kappa shape index (κ2) is 5.51. The Balaban J connectivity index is 2.49. The van der Waals surface area contributed by atoms with Crippen molar-refractivity contribution < 1.29 is 0 Å². The summed E-state index contributed by atoms with van der Waals surface area (Å²) < 4.78 is 0. The molecule has 0 amide bonds. The van der Waals surface area contributed by atoms with Gasteiger partial charge in [0.25, 0.3) is 0 Å². The van der Waals surface area contributed by atoms with Gasteiger partial charge in [-0.05, 0) is 49.3 Å². The largest absolute Gasteiger partial charge is 0.296 e. The van der Waals surface area contributed by atoms with Gasteiger partial charge in [-0.3, -0.25) is 4.99 Å². The summed E-state index contributed by atoms with van der Waals surface area (Å²) in [4.78, 5) is 4.24. The van der Waals surface area contributed by atoms with E-state index in [-0.39, 0.29) is 0 Å². The summed E-state index contributed by atoms with van der Waals surface area (Å²) in [6.45, 7) is 6.72. The van der Waals surface area contributed by atoms with Gasteiger partial charge in [0.05, 0.1) is 0 Å². The van der Waals surface area contributed by atoms with Crippen LogP contribution in [0.2, 0.25) is 0 Å². The molecule has 2 rings (SSSR count). The average molecular weight is 241 g/mol. The number of allylic oxidation sites excluding steroid dienone is 2. The minimum absolute atomic E-state index is 0.533. The highest BCUT2D eigenvalue weighted by Gasteiger charge is 2.26. The Morgan fingerprint density at radius 3 is 2.44 bits per heavy atom. The van der Waals surface area contributed by atoms with Gasteiger partial charge < -0.3 is 0 Å². The first-order valence-electron chi connectivity index (χ1n) is 6.83. The van der Waals surface area contributed by atoms with Gasteiger partial charge in [0, 0.05) is 19.2 Å². The van der Waals surface area contributed by atoms with Crippen LogP contribution >= 0.6 is 0 Å². The molecule has 1 aliphatic carbocycles. The van der Waals surface area contributed by atoms with E-state index in [9.17, 15) is 0 Å². The van der Waals surface area contributed by atoms with Gasteiger partial charge in [-0.25, -0.2) is 0 Å². The van der Waals surface area contributed by atoms with Crippen LogP contribution in [-0.4, -0.2) is 13.3 Å². The Kier molecular flexibility index (Phi) is 4.00. The van der Waals surface area contributed by atoms with Crippen LogP contribution in [0.5, 0.6) is 0 Å². The predicted octanol–water partition coefficient (Wildman–Crippen LogP) is 4.70. The molecule has 0 saturated heterocycles. The molecule has 0 saturated carbocycles. The van der Waals surface area contributed by atoms with Gasteiger partial charge in [0.2, 0.25) is 0 Å². The number of aliphatic imine (C=N–C) groups is 1. The highest BCUT2D eigenvalue weighted by atomic mass is 14.6. The summed E-state index contributed by atoms with van der Waals surface area (Å²) in [6.07, 6.45) is 4.56. The van der Waals surface area contributed by atoms with E-state index in [1.807, 2.05) is 13.3 Å². The maximum absolute atomic E-state index is 4.24. The van der Waals surface area contributed by atoms with Crippen LogP contribution in [0.3, 0.4) is 0 Å². The molecule has 0 spiro atoms. The molecule has 1 aliphatic rings. The summed E-state index contributed by atoms with van der Waals surface area (Å²) in [5, 5.41) is 0. The molecule has 2 atom stereocenters. The van der Waals surface area contributed by atoms with E-state index >= 15 is 0 Å². The lowest BCUT2D eigenvalue weighted by Crippen LogP contribution is -2.16. The molecule has 18 heavy (non-hydrogen) atoms. The fourth-order valence-electron chi connectivity index (χ4n) is 3.03. The molecule has 96 valence electrons. The van der Waals surface area contributed by atoms with Crippen molar-refractivity contribution in [1.82, 2.24) is 0 Å². The normalized spacial score (nSPS) is 22.9. The number of hydrogen-bond acceptors (Lipinski definition) is 1. The molecular weight excluding hydrogens is 218 g/mol. The van der Waals surface area contributed by atoms with Crippen LogP contribution in [0.25, 0.3) is 0 Å². The highest BCUT2D eigenvalue weighted by molar-refractivity contribution is 5.82. The molecule has 1 aromatic rings. The minimum Gasteiger partial charge on any atom is -0.296 e. The van der Waals surface area contributed by atoms with Crippen molar-refractivity contribution in [3.8, 4) is 0 Å². The Bertz CT molecular complexity index is 478. The van der Waals surface area contributed by atoms with Gasteiger partial charge in [-0.1, -0.05) is 36.8 Å². The van der Waals surface area contributed by atoms with E-state index in [2.05, 4.69) is 50.0 Å². The standard InChI is InChI=1S/C17H23N/c1-12(2)17(11-18-4)16-10-9-13(3)14-7-5-6-8-15(14)16/h5-8,11,13,16H,9-10H2,1-4H3/b18-11-. The summed E-state index contributed by atoms with van der Waals surface area (Å²) in [6, 6.07) is 8.91. The van der Waals surface area contributed by atoms with E-state index < -0.39 is 0 Å². The number of fused-ring (bicyclic) bond motifs is 1. The lowest BCUT2D eigenvalue weighted by Gasteiger charge is -2.31. The van der Waals surface area contributed by atoms with Crippen molar-refractivity contribution in [2.75, 3.05) is 7.05 Å². The zero-order valence-corrected chi connectivity index (χ0v) is 11.9. The zero-order valence-electron chi connectivity index (χ0n) is 11.9. The van der Waals surface area contributed by atoms with Crippen LogP contribution in [0, 0.1) is 0 Å². The summed E-state index contributed by atoms with van der Waals surface area (Å²) in [5.74, 6) is 1.22. The minimum atomic E-state index is 0.533. The second-order valence-corrected chi connectivity index (χ2v) is 5.50. The van der Waals surface area contributed by atoms with Crippen LogP contribution in [0.4, 0.5) is 0 Å². The molecule has 0 aliphatic heterocycles. The first-order valence-corrected chi connectivity index (χ1v) is 6.83. The molecule has 0 fully saturated rings. The van der Waals surface area contributed by atoms with Crippen LogP contribution in [0.1, 0.15) is 56.6 Å². The summed E-state index contributed by atoms with van der Waals surface area (Å²) in [7, 11) is 1.86. The Labute approximate surface area is 111 Å². The van der Waals surface area contributed by atoms with Crippen molar-refractivity contribution in [1.29, 1.82) is 0 Å². The third kappa shape index (κ3) is 2.40.